The molecule has 96 valence electrons. The van der Waals surface area contributed by atoms with Crippen molar-refractivity contribution in [2.24, 2.45) is 0 Å². The van der Waals surface area contributed by atoms with Crippen LogP contribution in [0.4, 0.5) is 10.3 Å². The summed E-state index contributed by atoms with van der Waals surface area (Å²) in [5, 5.41) is 5.84. The molecule has 2 aromatic rings. The predicted molar refractivity (Wildman–Crippen MR) is 75.9 cm³/mol. The fourth-order valence-corrected chi connectivity index (χ4v) is 3.06. The van der Waals surface area contributed by atoms with E-state index in [0.717, 1.165) is 22.7 Å². The first kappa shape index (κ1) is 13.0. The van der Waals surface area contributed by atoms with Crippen LogP contribution in [0.25, 0.3) is 10.6 Å². The number of amides is 1. The highest BCUT2D eigenvalue weighted by Gasteiger charge is 2.13. The lowest BCUT2D eigenvalue weighted by molar-refractivity contribution is -0.116. The zero-order valence-electron chi connectivity index (χ0n) is 10.2. The van der Waals surface area contributed by atoms with Crippen molar-refractivity contribution in [2.45, 2.75) is 26.7 Å². The molecule has 0 bridgehead atoms. The maximum atomic E-state index is 11.5. The van der Waals surface area contributed by atoms with E-state index in [1.54, 1.807) is 0 Å². The quantitative estimate of drug-likeness (QED) is 0.903. The second-order valence-corrected chi connectivity index (χ2v) is 5.69. The van der Waals surface area contributed by atoms with Crippen molar-refractivity contribution < 1.29 is 4.79 Å². The van der Waals surface area contributed by atoms with E-state index in [1.807, 2.05) is 19.2 Å². The lowest BCUT2D eigenvalue weighted by Gasteiger charge is -1.97. The van der Waals surface area contributed by atoms with Gasteiger partial charge in [0, 0.05) is 11.8 Å². The van der Waals surface area contributed by atoms with Crippen LogP contribution in [0.5, 0.6) is 0 Å². The number of aryl methyl sites for hydroxylation is 1. The Labute approximate surface area is 113 Å². The van der Waals surface area contributed by atoms with Crippen LogP contribution in [-0.2, 0) is 4.79 Å². The van der Waals surface area contributed by atoms with Crippen LogP contribution >= 0.6 is 22.7 Å². The van der Waals surface area contributed by atoms with E-state index in [9.17, 15) is 4.79 Å². The molecule has 0 saturated heterocycles. The Morgan fingerprint density at radius 2 is 2.28 bits per heavy atom. The molecule has 0 fully saturated rings. The van der Waals surface area contributed by atoms with Crippen molar-refractivity contribution in [3.05, 3.63) is 11.1 Å². The van der Waals surface area contributed by atoms with Gasteiger partial charge in [0.25, 0.3) is 0 Å². The number of rotatable bonds is 4. The van der Waals surface area contributed by atoms with Crippen molar-refractivity contribution >= 4 is 38.8 Å². The molecule has 3 N–H and O–H groups in total. The Morgan fingerprint density at radius 3 is 2.89 bits per heavy atom. The zero-order chi connectivity index (χ0) is 13.1. The van der Waals surface area contributed by atoms with Crippen LogP contribution in [0.2, 0.25) is 0 Å². The normalized spacial score (nSPS) is 10.6. The molecule has 18 heavy (non-hydrogen) atoms. The summed E-state index contributed by atoms with van der Waals surface area (Å²) in [5.74, 6) is -0.00408. The van der Waals surface area contributed by atoms with Crippen molar-refractivity contribution in [2.75, 3.05) is 11.1 Å². The Morgan fingerprint density at radius 1 is 1.50 bits per heavy atom. The molecular weight excluding hydrogens is 268 g/mol. The second kappa shape index (κ2) is 5.45. The van der Waals surface area contributed by atoms with Gasteiger partial charge < -0.3 is 11.1 Å². The Balaban J connectivity index is 2.19. The maximum Gasteiger partial charge on any atom is 0.226 e. The summed E-state index contributed by atoms with van der Waals surface area (Å²) in [6.07, 6.45) is 1.34. The van der Waals surface area contributed by atoms with E-state index in [4.69, 9.17) is 5.73 Å². The molecule has 2 heterocycles. The van der Waals surface area contributed by atoms with Crippen molar-refractivity contribution in [3.63, 3.8) is 0 Å². The molecule has 0 aromatic carbocycles. The van der Waals surface area contributed by atoms with Gasteiger partial charge in [0.1, 0.15) is 0 Å². The number of nitrogen functional groups attached to an aromatic ring is 1. The molecule has 0 aliphatic carbocycles. The van der Waals surface area contributed by atoms with Gasteiger partial charge in [-0.3, -0.25) is 4.79 Å². The summed E-state index contributed by atoms with van der Waals surface area (Å²) >= 11 is 2.82. The lowest BCUT2D eigenvalue weighted by atomic mass is 10.3. The number of nitrogens with two attached hydrogens (primary N) is 1. The Kier molecular flexibility index (Phi) is 3.93. The van der Waals surface area contributed by atoms with Crippen molar-refractivity contribution in [1.29, 1.82) is 0 Å². The molecule has 5 nitrogen and oxygen atoms in total. The summed E-state index contributed by atoms with van der Waals surface area (Å²) in [4.78, 5) is 21.0. The second-order valence-electron chi connectivity index (χ2n) is 3.80. The van der Waals surface area contributed by atoms with Gasteiger partial charge in [0.15, 0.2) is 10.3 Å². The van der Waals surface area contributed by atoms with Gasteiger partial charge in [-0.25, -0.2) is 9.97 Å². The molecule has 2 rings (SSSR count). The number of carbonyl (C=O) groups excluding carboxylic acids is 1. The summed E-state index contributed by atoms with van der Waals surface area (Å²) < 4.78 is 0. The molecule has 0 unspecified atom stereocenters. The van der Waals surface area contributed by atoms with E-state index in [2.05, 4.69) is 15.3 Å². The maximum absolute atomic E-state index is 11.5. The number of hydrogen-bond acceptors (Lipinski definition) is 6. The highest BCUT2D eigenvalue weighted by Crippen LogP contribution is 2.33. The molecule has 0 saturated carbocycles. The van der Waals surface area contributed by atoms with Gasteiger partial charge in [0.05, 0.1) is 16.3 Å². The van der Waals surface area contributed by atoms with Crippen LogP contribution < -0.4 is 11.1 Å². The molecule has 0 aliphatic heterocycles. The fourth-order valence-electron chi connectivity index (χ4n) is 1.49. The van der Waals surface area contributed by atoms with Crippen LogP contribution in [-0.4, -0.2) is 15.9 Å². The summed E-state index contributed by atoms with van der Waals surface area (Å²) in [5.41, 5.74) is 7.30. The van der Waals surface area contributed by atoms with E-state index in [1.165, 1.54) is 22.7 Å². The van der Waals surface area contributed by atoms with Gasteiger partial charge in [-0.15, -0.1) is 11.3 Å². The molecule has 0 spiro atoms. The minimum atomic E-state index is -0.00408. The van der Waals surface area contributed by atoms with E-state index < -0.39 is 0 Å². The molecule has 2 aromatic heterocycles. The number of carbonyl (C=O) groups is 1. The average molecular weight is 282 g/mol. The summed E-state index contributed by atoms with van der Waals surface area (Å²) in [6.45, 7) is 3.87. The topological polar surface area (TPSA) is 80.9 Å². The van der Waals surface area contributed by atoms with Gasteiger partial charge in [-0.05, 0) is 13.3 Å². The molecule has 1 amide bonds. The van der Waals surface area contributed by atoms with E-state index in [0.29, 0.717) is 16.7 Å². The smallest absolute Gasteiger partial charge is 0.226 e. The van der Waals surface area contributed by atoms with Gasteiger partial charge >= 0.3 is 0 Å². The number of nitrogens with one attached hydrogen (secondary N) is 1. The first-order chi connectivity index (χ1) is 8.60. The van der Waals surface area contributed by atoms with Crippen molar-refractivity contribution in [1.82, 2.24) is 9.97 Å². The fraction of sp³-hybridized carbons (Fsp3) is 0.364. The third-order valence-corrected chi connectivity index (χ3v) is 4.04. The standard InChI is InChI=1S/C11H14N4OS2/c1-3-4-8(16)15-11-13-6(2)9(18-11)7-5-17-10(12)14-7/h5H,3-4H2,1-2H3,(H2,12,14)(H,13,15,16). The largest absolute Gasteiger partial charge is 0.375 e. The monoisotopic (exact) mass is 282 g/mol. The number of aromatic nitrogens is 2. The molecule has 0 aliphatic rings. The minimum Gasteiger partial charge on any atom is -0.375 e. The first-order valence-electron chi connectivity index (χ1n) is 5.58. The van der Waals surface area contributed by atoms with Gasteiger partial charge in [-0.1, -0.05) is 18.3 Å². The number of thiazole rings is 2. The summed E-state index contributed by atoms with van der Waals surface area (Å²) in [7, 11) is 0. The zero-order valence-corrected chi connectivity index (χ0v) is 11.8. The molecular formula is C11H14N4OS2. The molecule has 0 radical (unpaired) electrons. The third kappa shape index (κ3) is 2.85. The number of nitrogens with zero attached hydrogens (tertiary/aromatic N) is 2. The van der Waals surface area contributed by atoms with Gasteiger partial charge in [-0.2, -0.15) is 0 Å². The van der Waals surface area contributed by atoms with Crippen LogP contribution in [0.3, 0.4) is 0 Å². The molecule has 0 atom stereocenters. The van der Waals surface area contributed by atoms with Gasteiger partial charge in [0.2, 0.25) is 5.91 Å². The Hall–Kier alpha value is -1.47. The molecule has 7 heteroatoms. The lowest BCUT2D eigenvalue weighted by Crippen LogP contribution is -2.10. The van der Waals surface area contributed by atoms with Crippen LogP contribution in [0, 0.1) is 6.92 Å². The van der Waals surface area contributed by atoms with E-state index >= 15 is 0 Å². The predicted octanol–water partition coefficient (Wildman–Crippen LogP) is 2.90. The number of anilines is 2. The Bertz CT molecular complexity index is 561. The highest BCUT2D eigenvalue weighted by molar-refractivity contribution is 7.19. The van der Waals surface area contributed by atoms with Crippen molar-refractivity contribution in [3.8, 4) is 10.6 Å². The van der Waals surface area contributed by atoms with E-state index in [-0.39, 0.29) is 5.91 Å². The highest BCUT2D eigenvalue weighted by atomic mass is 32.1. The average Bonchev–Trinajstić information content (AvgIpc) is 2.85. The van der Waals surface area contributed by atoms with Crippen LogP contribution in [0.15, 0.2) is 5.38 Å². The summed E-state index contributed by atoms with van der Waals surface area (Å²) in [6, 6.07) is 0. The van der Waals surface area contributed by atoms with Crippen LogP contribution in [0.1, 0.15) is 25.5 Å². The third-order valence-electron chi connectivity index (χ3n) is 2.27. The minimum absolute atomic E-state index is 0.00408. The number of hydrogen-bond donors (Lipinski definition) is 2. The first-order valence-corrected chi connectivity index (χ1v) is 7.28. The SMILES string of the molecule is CCCC(=O)Nc1nc(C)c(-c2csc(N)n2)s1.